The molecule has 0 aromatic carbocycles. The van der Waals surface area contributed by atoms with Crippen LogP contribution in [0.4, 0.5) is 0 Å². The molecule has 0 fully saturated rings. The maximum atomic E-state index is 5.68. The number of hydrogen-bond donors (Lipinski definition) is 1. The largest absolute Gasteiger partial charge is 1.00 e. The van der Waals surface area contributed by atoms with Gasteiger partial charge in [0, 0.05) is 4.88 Å². The number of ether oxygens (including phenoxy) is 1. The molecule has 1 atom stereocenters. The molecule has 2 rings (SSSR count). The first-order valence-corrected chi connectivity index (χ1v) is 5.25. The summed E-state index contributed by atoms with van der Waals surface area (Å²) >= 11 is 1.83. The summed E-state index contributed by atoms with van der Waals surface area (Å²) < 4.78 is 5.68. The predicted molar refractivity (Wildman–Crippen MR) is 49.4 cm³/mol. The Labute approximate surface area is 88.7 Å². The fourth-order valence-corrected chi connectivity index (χ4v) is 2.63. The third-order valence-corrected chi connectivity index (χ3v) is 3.26. The van der Waals surface area contributed by atoms with E-state index in [-0.39, 0.29) is 12.4 Å². The monoisotopic (exact) mass is 219 g/mol. The SMILES string of the molecule is C[NH2+]C[C@@H]1OCCc2ccsc21.[Cl-]. The second kappa shape index (κ2) is 4.96. The predicted octanol–water partition coefficient (Wildman–Crippen LogP) is -2.44. The van der Waals surface area contributed by atoms with Crippen molar-refractivity contribution in [3.63, 3.8) is 0 Å². The Morgan fingerprint density at radius 3 is 3.31 bits per heavy atom. The molecule has 2 heterocycles. The summed E-state index contributed by atoms with van der Waals surface area (Å²) in [5.74, 6) is 0. The van der Waals surface area contributed by atoms with Crippen molar-refractivity contribution >= 4 is 11.3 Å². The van der Waals surface area contributed by atoms with Crippen molar-refractivity contribution in [1.29, 1.82) is 0 Å². The topological polar surface area (TPSA) is 25.8 Å². The Balaban J connectivity index is 0.000000845. The van der Waals surface area contributed by atoms with E-state index >= 15 is 0 Å². The highest BCUT2D eigenvalue weighted by molar-refractivity contribution is 7.10. The van der Waals surface area contributed by atoms with Crippen molar-refractivity contribution in [3.05, 3.63) is 21.9 Å². The third kappa shape index (κ3) is 2.23. The van der Waals surface area contributed by atoms with Crippen LogP contribution in [0, 0.1) is 0 Å². The van der Waals surface area contributed by atoms with Crippen LogP contribution in [-0.2, 0) is 11.2 Å². The number of hydrogen-bond acceptors (Lipinski definition) is 2. The lowest BCUT2D eigenvalue weighted by Gasteiger charge is -2.20. The standard InChI is InChI=1S/C9H13NOS.ClH/c1-10-6-8-9-7(2-4-11-8)3-5-12-9;/h3,5,8,10H,2,4,6H2,1H3;1H/t8-;/m0./s1. The van der Waals surface area contributed by atoms with Gasteiger partial charge < -0.3 is 22.5 Å². The van der Waals surface area contributed by atoms with Crippen molar-refractivity contribution < 1.29 is 22.5 Å². The van der Waals surface area contributed by atoms with Gasteiger partial charge in [-0.1, -0.05) is 0 Å². The number of nitrogens with two attached hydrogens (primary N) is 1. The van der Waals surface area contributed by atoms with Crippen LogP contribution in [-0.4, -0.2) is 20.2 Å². The second-order valence-corrected chi connectivity index (χ2v) is 4.01. The lowest BCUT2D eigenvalue weighted by atomic mass is 10.1. The van der Waals surface area contributed by atoms with Crippen LogP contribution in [0.25, 0.3) is 0 Å². The molecule has 0 unspecified atom stereocenters. The summed E-state index contributed by atoms with van der Waals surface area (Å²) in [7, 11) is 2.09. The summed E-state index contributed by atoms with van der Waals surface area (Å²) in [6, 6.07) is 2.23. The van der Waals surface area contributed by atoms with E-state index in [2.05, 4.69) is 23.8 Å². The molecule has 0 spiro atoms. The molecule has 1 aromatic rings. The number of quaternary nitrogens is 1. The van der Waals surface area contributed by atoms with Gasteiger partial charge in [0.15, 0.2) is 0 Å². The molecule has 2 N–H and O–H groups in total. The zero-order chi connectivity index (χ0) is 8.39. The summed E-state index contributed by atoms with van der Waals surface area (Å²) in [5.41, 5.74) is 1.50. The Bertz CT molecular complexity index is 264. The molecule has 1 aliphatic rings. The lowest BCUT2D eigenvalue weighted by molar-refractivity contribution is -0.635. The Morgan fingerprint density at radius 1 is 1.69 bits per heavy atom. The number of likely N-dealkylation sites (N-methyl/N-ethyl adjacent to an activating group) is 1. The van der Waals surface area contributed by atoms with Crippen LogP contribution in [0.3, 0.4) is 0 Å². The second-order valence-electron chi connectivity index (χ2n) is 3.06. The first-order chi connectivity index (χ1) is 5.92. The minimum absolute atomic E-state index is 0. The number of halogens is 1. The van der Waals surface area contributed by atoms with Gasteiger partial charge in [0.05, 0.1) is 13.7 Å². The first kappa shape index (κ1) is 11.0. The van der Waals surface area contributed by atoms with E-state index in [1.54, 1.807) is 0 Å². The van der Waals surface area contributed by atoms with Gasteiger partial charge in [-0.3, -0.25) is 0 Å². The van der Waals surface area contributed by atoms with Crippen molar-refractivity contribution in [3.8, 4) is 0 Å². The number of fused-ring (bicyclic) bond motifs is 1. The van der Waals surface area contributed by atoms with Crippen LogP contribution < -0.4 is 17.7 Å². The van der Waals surface area contributed by atoms with Gasteiger partial charge in [-0.15, -0.1) is 11.3 Å². The van der Waals surface area contributed by atoms with Gasteiger partial charge in [0.2, 0.25) is 0 Å². The highest BCUT2D eigenvalue weighted by Crippen LogP contribution is 2.30. The smallest absolute Gasteiger partial charge is 0.141 e. The minimum Gasteiger partial charge on any atom is -1.00 e. The van der Waals surface area contributed by atoms with Crippen LogP contribution in [0.1, 0.15) is 16.5 Å². The van der Waals surface area contributed by atoms with Gasteiger partial charge in [-0.05, 0) is 23.4 Å². The minimum atomic E-state index is 0. The molecule has 13 heavy (non-hydrogen) atoms. The molecule has 0 amide bonds. The summed E-state index contributed by atoms with van der Waals surface area (Å²) in [6.45, 7) is 1.94. The van der Waals surface area contributed by atoms with Crippen molar-refractivity contribution in [1.82, 2.24) is 0 Å². The zero-order valence-corrected chi connectivity index (χ0v) is 9.20. The van der Waals surface area contributed by atoms with Gasteiger partial charge in [-0.2, -0.15) is 0 Å². The normalized spacial score (nSPS) is 20.5. The van der Waals surface area contributed by atoms with Gasteiger partial charge in [0.25, 0.3) is 0 Å². The van der Waals surface area contributed by atoms with E-state index in [0.717, 1.165) is 19.6 Å². The van der Waals surface area contributed by atoms with Crippen molar-refractivity contribution in [2.45, 2.75) is 12.5 Å². The fourth-order valence-electron chi connectivity index (χ4n) is 1.61. The zero-order valence-electron chi connectivity index (χ0n) is 7.63. The summed E-state index contributed by atoms with van der Waals surface area (Å²) in [4.78, 5) is 1.44. The highest BCUT2D eigenvalue weighted by Gasteiger charge is 2.22. The average Bonchev–Trinajstić information content (AvgIpc) is 2.53. The van der Waals surface area contributed by atoms with E-state index in [4.69, 9.17) is 4.74 Å². The average molecular weight is 220 g/mol. The van der Waals surface area contributed by atoms with E-state index in [0.29, 0.717) is 6.10 Å². The Morgan fingerprint density at radius 2 is 2.54 bits per heavy atom. The van der Waals surface area contributed by atoms with Crippen LogP contribution in [0.5, 0.6) is 0 Å². The van der Waals surface area contributed by atoms with Crippen molar-refractivity contribution in [2.75, 3.05) is 20.2 Å². The van der Waals surface area contributed by atoms with Crippen LogP contribution in [0.15, 0.2) is 11.4 Å². The van der Waals surface area contributed by atoms with Crippen LogP contribution >= 0.6 is 11.3 Å². The van der Waals surface area contributed by atoms with Gasteiger partial charge in [-0.25, -0.2) is 0 Å². The molecule has 1 aromatic heterocycles. The molecule has 1 aliphatic heterocycles. The molecular formula is C9H14ClNOS. The molecule has 74 valence electrons. The molecule has 0 saturated heterocycles. The molecule has 0 bridgehead atoms. The molecule has 2 nitrogen and oxygen atoms in total. The van der Waals surface area contributed by atoms with E-state index in [9.17, 15) is 0 Å². The van der Waals surface area contributed by atoms with E-state index < -0.39 is 0 Å². The summed E-state index contributed by atoms with van der Waals surface area (Å²) in [6.07, 6.45) is 1.44. The Kier molecular flexibility index (Phi) is 4.19. The quantitative estimate of drug-likeness (QED) is 0.588. The Hall–Kier alpha value is -0.0900. The molecule has 4 heteroatoms. The summed E-state index contributed by atoms with van der Waals surface area (Å²) in [5, 5.41) is 4.35. The maximum absolute atomic E-state index is 5.68. The maximum Gasteiger partial charge on any atom is 0.141 e. The lowest BCUT2D eigenvalue weighted by Crippen LogP contribution is -3.00. The number of rotatable bonds is 2. The molecule has 0 radical (unpaired) electrons. The van der Waals surface area contributed by atoms with Gasteiger partial charge >= 0.3 is 0 Å². The van der Waals surface area contributed by atoms with E-state index in [1.165, 1.54) is 10.4 Å². The molecule has 0 saturated carbocycles. The number of thiophene rings is 1. The highest BCUT2D eigenvalue weighted by atomic mass is 35.5. The first-order valence-electron chi connectivity index (χ1n) is 4.37. The van der Waals surface area contributed by atoms with Crippen LogP contribution in [0.2, 0.25) is 0 Å². The van der Waals surface area contributed by atoms with Crippen molar-refractivity contribution in [2.24, 2.45) is 0 Å². The van der Waals surface area contributed by atoms with E-state index in [1.807, 2.05) is 11.3 Å². The van der Waals surface area contributed by atoms with Gasteiger partial charge in [0.1, 0.15) is 12.6 Å². The fraction of sp³-hybridized carbons (Fsp3) is 0.556. The molecular weight excluding hydrogens is 206 g/mol. The molecule has 0 aliphatic carbocycles. The third-order valence-electron chi connectivity index (χ3n) is 2.21.